The number of sulfonamides is 1. The maximum Gasteiger partial charge on any atom is 0.262 e. The second kappa shape index (κ2) is 9.48. The molecule has 178 valence electrons. The quantitative estimate of drug-likeness (QED) is 0.599. The molecule has 1 saturated carbocycles. The van der Waals surface area contributed by atoms with E-state index in [4.69, 9.17) is 23.2 Å². The third-order valence-electron chi connectivity index (χ3n) is 5.88. The molecule has 1 N–H and O–H groups in total. The number of imide groups is 1. The van der Waals surface area contributed by atoms with Crippen LogP contribution in [0, 0.1) is 0 Å². The smallest absolute Gasteiger partial charge is 0.262 e. The molecule has 2 aliphatic rings. The molecule has 1 aliphatic carbocycles. The highest BCUT2D eigenvalue weighted by Crippen LogP contribution is 2.31. The molecule has 8 nitrogen and oxygen atoms in total. The number of hydrogen-bond donors (Lipinski definition) is 1. The molecule has 1 heterocycles. The summed E-state index contributed by atoms with van der Waals surface area (Å²) in [4.78, 5) is 51.7. The maximum absolute atomic E-state index is 13.1. The summed E-state index contributed by atoms with van der Waals surface area (Å²) < 4.78 is 27.9. The molecule has 1 aliphatic heterocycles. The highest BCUT2D eigenvalue weighted by molar-refractivity contribution is 7.92. The van der Waals surface area contributed by atoms with Gasteiger partial charge in [0.25, 0.3) is 21.8 Å². The van der Waals surface area contributed by atoms with Gasteiger partial charge in [0.15, 0.2) is 5.78 Å². The molecule has 1 atom stereocenters. The van der Waals surface area contributed by atoms with Gasteiger partial charge in [-0.1, -0.05) is 23.2 Å². The van der Waals surface area contributed by atoms with Gasteiger partial charge in [0.05, 0.1) is 32.1 Å². The van der Waals surface area contributed by atoms with Crippen LogP contribution in [0.5, 0.6) is 0 Å². The molecule has 34 heavy (non-hydrogen) atoms. The van der Waals surface area contributed by atoms with E-state index in [2.05, 4.69) is 4.72 Å². The molecular formula is C23H20Cl2N2O6S. The number of nitrogens with zero attached hydrogens (tertiary/aromatic N) is 1. The Balaban J connectivity index is 1.61. The molecule has 1 unspecified atom stereocenters. The Hall–Kier alpha value is -2.75. The van der Waals surface area contributed by atoms with Crippen molar-refractivity contribution in [1.82, 2.24) is 4.90 Å². The third kappa shape index (κ3) is 4.73. The van der Waals surface area contributed by atoms with E-state index in [9.17, 15) is 27.6 Å². The Bertz CT molecular complexity index is 1320. The van der Waals surface area contributed by atoms with Crippen molar-refractivity contribution >= 4 is 62.3 Å². The number of hydrogen-bond acceptors (Lipinski definition) is 6. The Labute approximate surface area is 206 Å². The molecule has 2 aromatic rings. The molecule has 0 saturated heterocycles. The summed E-state index contributed by atoms with van der Waals surface area (Å²) >= 11 is 11.8. The zero-order valence-corrected chi connectivity index (χ0v) is 20.2. The van der Waals surface area contributed by atoms with Gasteiger partial charge in [-0.15, -0.1) is 0 Å². The van der Waals surface area contributed by atoms with Gasteiger partial charge in [0.2, 0.25) is 0 Å². The number of benzene rings is 2. The van der Waals surface area contributed by atoms with Gasteiger partial charge in [-0.3, -0.25) is 28.8 Å². The van der Waals surface area contributed by atoms with Crippen molar-refractivity contribution in [2.75, 3.05) is 4.72 Å². The standard InChI is InChI=1S/C23H20Cl2N2O6S/c24-18-9-7-15(12-19(18)25)34(32,33)26-13-5-8-16-17(11-13)23(31)27(22(16)30)20-10-6-14(28)3-1-2-4-21(20)29/h5,7-9,11-12,20,26H,1-4,6,10H2. The van der Waals surface area contributed by atoms with Gasteiger partial charge < -0.3 is 0 Å². The van der Waals surface area contributed by atoms with Crippen molar-refractivity contribution in [3.8, 4) is 0 Å². The summed E-state index contributed by atoms with van der Waals surface area (Å²) in [6.07, 6.45) is 1.87. The number of anilines is 1. The lowest BCUT2D eigenvalue weighted by atomic mass is 10.0. The summed E-state index contributed by atoms with van der Waals surface area (Å²) in [6, 6.07) is 6.76. The second-order valence-corrected chi connectivity index (χ2v) is 10.7. The fraction of sp³-hybridized carbons (Fsp3) is 0.304. The van der Waals surface area contributed by atoms with E-state index in [1.54, 1.807) is 0 Å². The van der Waals surface area contributed by atoms with Crippen LogP contribution in [0.2, 0.25) is 10.0 Å². The molecule has 0 spiro atoms. The number of nitrogens with one attached hydrogen (secondary N) is 1. The molecule has 0 aromatic heterocycles. The zero-order valence-electron chi connectivity index (χ0n) is 17.8. The Morgan fingerprint density at radius 1 is 0.824 bits per heavy atom. The lowest BCUT2D eigenvalue weighted by Crippen LogP contribution is -2.45. The van der Waals surface area contributed by atoms with Crippen molar-refractivity contribution in [3.05, 3.63) is 57.6 Å². The summed E-state index contributed by atoms with van der Waals surface area (Å²) in [5.41, 5.74) is 0.114. The molecular weight excluding hydrogens is 503 g/mol. The SMILES string of the molecule is O=C1CCCCC(=O)C(N2C(=O)c3ccc(NS(=O)(=O)c4ccc(Cl)c(Cl)c4)cc3C2=O)CC1. The molecule has 2 amide bonds. The van der Waals surface area contributed by atoms with Crippen molar-refractivity contribution < 1.29 is 27.6 Å². The average Bonchev–Trinajstić information content (AvgIpc) is 3.06. The zero-order chi connectivity index (χ0) is 24.6. The van der Waals surface area contributed by atoms with E-state index in [1.807, 2.05) is 0 Å². The molecule has 0 bridgehead atoms. The van der Waals surface area contributed by atoms with Gasteiger partial charge in [-0.05, 0) is 55.7 Å². The topological polar surface area (TPSA) is 118 Å². The van der Waals surface area contributed by atoms with E-state index in [-0.39, 0.29) is 62.6 Å². The van der Waals surface area contributed by atoms with Crippen LogP contribution in [0.1, 0.15) is 59.2 Å². The Morgan fingerprint density at radius 2 is 1.53 bits per heavy atom. The van der Waals surface area contributed by atoms with E-state index in [0.29, 0.717) is 19.3 Å². The monoisotopic (exact) mass is 522 g/mol. The Morgan fingerprint density at radius 3 is 2.26 bits per heavy atom. The first-order valence-corrected chi connectivity index (χ1v) is 12.9. The summed E-state index contributed by atoms with van der Waals surface area (Å²) in [5, 5.41) is 0.261. The Kier molecular flexibility index (Phi) is 6.80. The molecule has 0 radical (unpaired) electrons. The van der Waals surface area contributed by atoms with Crippen LogP contribution in [0.4, 0.5) is 5.69 Å². The molecule has 1 fully saturated rings. The number of rotatable bonds is 4. The van der Waals surface area contributed by atoms with E-state index < -0.39 is 27.9 Å². The lowest BCUT2D eigenvalue weighted by Gasteiger charge is -2.24. The second-order valence-electron chi connectivity index (χ2n) is 8.19. The summed E-state index contributed by atoms with van der Waals surface area (Å²) in [7, 11) is -4.06. The molecule has 2 aromatic carbocycles. The first kappa shape index (κ1) is 24.4. The first-order valence-electron chi connectivity index (χ1n) is 10.6. The fourth-order valence-corrected chi connectivity index (χ4v) is 5.55. The molecule has 11 heteroatoms. The van der Waals surface area contributed by atoms with Crippen molar-refractivity contribution in [2.45, 2.75) is 49.5 Å². The largest absolute Gasteiger partial charge is 0.300 e. The number of amides is 2. The van der Waals surface area contributed by atoms with Gasteiger partial charge in [0.1, 0.15) is 5.78 Å². The summed E-state index contributed by atoms with van der Waals surface area (Å²) in [5.74, 6) is -1.59. The number of fused-ring (bicyclic) bond motifs is 1. The van der Waals surface area contributed by atoms with Crippen LogP contribution in [0.15, 0.2) is 41.3 Å². The van der Waals surface area contributed by atoms with E-state index in [0.717, 1.165) is 4.90 Å². The van der Waals surface area contributed by atoms with Crippen LogP contribution in [0.25, 0.3) is 0 Å². The third-order valence-corrected chi connectivity index (χ3v) is 8.00. The first-order chi connectivity index (χ1) is 16.1. The lowest BCUT2D eigenvalue weighted by molar-refractivity contribution is -0.123. The number of carbonyl (C=O) groups is 4. The van der Waals surface area contributed by atoms with Crippen molar-refractivity contribution in [3.63, 3.8) is 0 Å². The fourth-order valence-electron chi connectivity index (χ4n) is 4.11. The number of carbonyl (C=O) groups excluding carboxylic acids is 4. The number of halogens is 2. The van der Waals surface area contributed by atoms with Crippen molar-refractivity contribution in [2.24, 2.45) is 0 Å². The molecule has 4 rings (SSSR count). The van der Waals surface area contributed by atoms with Crippen LogP contribution in [0.3, 0.4) is 0 Å². The normalized spacial score (nSPS) is 19.5. The minimum atomic E-state index is -4.06. The minimum Gasteiger partial charge on any atom is -0.300 e. The predicted molar refractivity (Wildman–Crippen MR) is 126 cm³/mol. The van der Waals surface area contributed by atoms with Crippen molar-refractivity contribution in [1.29, 1.82) is 0 Å². The van der Waals surface area contributed by atoms with E-state index in [1.165, 1.54) is 36.4 Å². The van der Waals surface area contributed by atoms with Gasteiger partial charge in [0, 0.05) is 24.9 Å². The average molecular weight is 523 g/mol. The number of Topliss-reactive ketones (excluding diaryl/α,β-unsaturated/α-hetero) is 2. The highest BCUT2D eigenvalue weighted by atomic mass is 35.5. The minimum absolute atomic E-state index is 0.00435. The van der Waals surface area contributed by atoms with Crippen LogP contribution >= 0.6 is 23.2 Å². The summed E-state index contributed by atoms with van der Waals surface area (Å²) in [6.45, 7) is 0. The van der Waals surface area contributed by atoms with Crippen LogP contribution in [-0.4, -0.2) is 42.7 Å². The van der Waals surface area contributed by atoms with Crippen LogP contribution < -0.4 is 4.72 Å². The maximum atomic E-state index is 13.1. The van der Waals surface area contributed by atoms with Gasteiger partial charge in [-0.25, -0.2) is 8.42 Å². The van der Waals surface area contributed by atoms with Gasteiger partial charge >= 0.3 is 0 Å². The predicted octanol–water partition coefficient (Wildman–Crippen LogP) is 4.25. The number of ketones is 2. The van der Waals surface area contributed by atoms with Crippen LogP contribution in [-0.2, 0) is 19.6 Å². The highest BCUT2D eigenvalue weighted by Gasteiger charge is 2.42. The van der Waals surface area contributed by atoms with E-state index >= 15 is 0 Å². The van der Waals surface area contributed by atoms with Gasteiger partial charge in [-0.2, -0.15) is 0 Å².